The summed E-state index contributed by atoms with van der Waals surface area (Å²) in [6.07, 6.45) is 2.36. The van der Waals surface area contributed by atoms with Gasteiger partial charge in [0.2, 0.25) is 0 Å². The Labute approximate surface area is 192 Å². The first-order chi connectivity index (χ1) is 14.9. The number of Topliss-reactive ketones (excluding diaryl/α,β-unsaturated/α-hetero) is 1. The lowest BCUT2D eigenvalue weighted by atomic mass is 9.87. The Hall–Kier alpha value is -2.20. The monoisotopic (exact) mass is 484 g/mol. The van der Waals surface area contributed by atoms with Crippen molar-refractivity contribution in [3.05, 3.63) is 46.7 Å². The Morgan fingerprint density at radius 3 is 2.41 bits per heavy atom. The lowest BCUT2D eigenvalue weighted by Crippen LogP contribution is -2.47. The molecule has 32 heavy (non-hydrogen) atoms. The molecule has 2 aromatic heterocycles. The van der Waals surface area contributed by atoms with Crippen LogP contribution in [0.2, 0.25) is 0 Å². The zero-order valence-corrected chi connectivity index (χ0v) is 20.3. The maximum Gasteiger partial charge on any atom is 0.352 e. The number of ketones is 1. The zero-order valence-electron chi connectivity index (χ0n) is 18.7. The van der Waals surface area contributed by atoms with E-state index in [9.17, 15) is 18.0 Å². The highest BCUT2D eigenvalue weighted by Gasteiger charge is 2.49. The van der Waals surface area contributed by atoms with Gasteiger partial charge >= 0.3 is 5.97 Å². The molecule has 0 bridgehead atoms. The van der Waals surface area contributed by atoms with E-state index in [1.54, 1.807) is 50.7 Å². The number of esters is 1. The van der Waals surface area contributed by atoms with Crippen molar-refractivity contribution in [3.63, 3.8) is 0 Å². The number of carbonyl (C=O) groups excluding carboxylic acids is 2. The van der Waals surface area contributed by atoms with Crippen LogP contribution in [0, 0.1) is 5.92 Å². The van der Waals surface area contributed by atoms with Crippen LogP contribution in [-0.4, -0.2) is 52.9 Å². The maximum atomic E-state index is 15.9. The number of nitrogens with zero attached hydrogens (tertiary/aromatic N) is 2. The lowest BCUT2D eigenvalue weighted by molar-refractivity contribution is -0.162. The first-order valence-electron chi connectivity index (χ1n) is 10.3. The van der Waals surface area contributed by atoms with Crippen LogP contribution in [0.4, 0.5) is 4.39 Å². The van der Waals surface area contributed by atoms with Crippen LogP contribution in [-0.2, 0) is 37.0 Å². The second kappa shape index (κ2) is 10.6. The molecule has 0 saturated heterocycles. The topological polar surface area (TPSA) is 103 Å². The number of halogens is 1. The van der Waals surface area contributed by atoms with E-state index >= 15 is 4.39 Å². The molecule has 0 saturated carbocycles. The van der Waals surface area contributed by atoms with E-state index in [2.05, 4.69) is 9.97 Å². The molecule has 176 valence electrons. The molecule has 0 radical (unpaired) electrons. The van der Waals surface area contributed by atoms with Gasteiger partial charge in [0.25, 0.3) is 5.67 Å². The first-order valence-corrected chi connectivity index (χ1v) is 12.9. The number of hydrogen-bond acceptors (Lipinski definition) is 8. The summed E-state index contributed by atoms with van der Waals surface area (Å²) in [6, 6.07) is 3.43. The Kier molecular flexibility index (Phi) is 8.64. The molecule has 0 N–H and O–H groups in total. The van der Waals surface area contributed by atoms with Gasteiger partial charge in [0.05, 0.1) is 28.3 Å². The molecule has 0 aromatic carbocycles. The molecule has 2 aromatic rings. The number of carbonyl (C=O) groups is 2. The van der Waals surface area contributed by atoms with E-state index in [-0.39, 0.29) is 24.5 Å². The van der Waals surface area contributed by atoms with E-state index in [0.29, 0.717) is 0 Å². The number of ether oxygens (including phenoxy) is 1. The van der Waals surface area contributed by atoms with Crippen molar-refractivity contribution in [1.82, 2.24) is 9.97 Å². The standard InChI is InChI=1S/C22H29FN2O5S2/c1-5-30-20(27)22(23,12-18-13-31-15-25-18)19(26)11-17(10-16-6-8-24-9-7-16)14-32(28,29)21(2,3)4/h6-9,13,15,17H,5,10-12,14H2,1-4H3/t17-,22+/m0/s1. The summed E-state index contributed by atoms with van der Waals surface area (Å²) < 4.78 is 45.4. The Balaban J connectivity index is 2.34. The van der Waals surface area contributed by atoms with Gasteiger partial charge in [0.1, 0.15) is 0 Å². The summed E-state index contributed by atoms with van der Waals surface area (Å²) in [6.45, 7) is 6.16. The molecule has 7 nitrogen and oxygen atoms in total. The fourth-order valence-corrected chi connectivity index (χ4v) is 5.05. The Bertz CT molecular complexity index is 1000. The third kappa shape index (κ3) is 6.65. The average molecular weight is 485 g/mol. The van der Waals surface area contributed by atoms with Crippen molar-refractivity contribution in [2.24, 2.45) is 5.92 Å². The highest BCUT2D eigenvalue weighted by atomic mass is 32.2. The number of pyridine rings is 1. The molecule has 0 aliphatic carbocycles. The summed E-state index contributed by atoms with van der Waals surface area (Å²) in [7, 11) is -3.61. The van der Waals surface area contributed by atoms with E-state index in [0.717, 1.165) is 5.56 Å². The smallest absolute Gasteiger partial charge is 0.352 e. The van der Waals surface area contributed by atoms with Gasteiger partial charge in [-0.25, -0.2) is 22.6 Å². The molecular formula is C22H29FN2O5S2. The van der Waals surface area contributed by atoms with Crippen LogP contribution in [0.1, 0.15) is 45.4 Å². The minimum atomic E-state index is -3.61. The fraction of sp³-hybridized carbons (Fsp3) is 0.545. The van der Waals surface area contributed by atoms with E-state index in [1.807, 2.05) is 0 Å². The number of aromatic nitrogens is 2. The van der Waals surface area contributed by atoms with Crippen LogP contribution in [0.15, 0.2) is 35.4 Å². The van der Waals surface area contributed by atoms with E-state index in [4.69, 9.17) is 4.74 Å². The zero-order chi connectivity index (χ0) is 24.0. The molecule has 10 heteroatoms. The highest BCUT2D eigenvalue weighted by molar-refractivity contribution is 7.92. The molecule has 0 aliphatic rings. The minimum absolute atomic E-state index is 0.0896. The SMILES string of the molecule is CCOC(=O)[C@@](F)(Cc1cscn1)C(=O)C[C@H](Cc1ccncc1)CS(=O)(=O)C(C)(C)C. The average Bonchev–Trinajstić information content (AvgIpc) is 3.20. The van der Waals surface area contributed by atoms with Crippen LogP contribution in [0.3, 0.4) is 0 Å². The number of alkyl halides is 1. The predicted molar refractivity (Wildman–Crippen MR) is 121 cm³/mol. The molecule has 2 atom stereocenters. The van der Waals surface area contributed by atoms with Crippen LogP contribution in [0.25, 0.3) is 0 Å². The lowest BCUT2D eigenvalue weighted by Gasteiger charge is -2.26. The minimum Gasteiger partial charge on any atom is -0.463 e. The normalized spacial score (nSPS) is 15.0. The molecule has 0 amide bonds. The predicted octanol–water partition coefficient (Wildman–Crippen LogP) is 3.38. The summed E-state index contributed by atoms with van der Waals surface area (Å²) in [5.74, 6) is -3.33. The number of hydrogen-bond donors (Lipinski definition) is 0. The van der Waals surface area contributed by atoms with Gasteiger partial charge in [0, 0.05) is 30.6 Å². The number of thiazole rings is 1. The number of sulfone groups is 1. The molecule has 0 fully saturated rings. The van der Waals surface area contributed by atoms with Crippen LogP contribution < -0.4 is 0 Å². The van der Waals surface area contributed by atoms with Gasteiger partial charge < -0.3 is 4.74 Å². The van der Waals surface area contributed by atoms with Crippen molar-refractivity contribution in [2.75, 3.05) is 12.4 Å². The Morgan fingerprint density at radius 1 is 1.22 bits per heavy atom. The highest BCUT2D eigenvalue weighted by Crippen LogP contribution is 2.28. The summed E-state index contributed by atoms with van der Waals surface area (Å²) in [4.78, 5) is 33.5. The van der Waals surface area contributed by atoms with Gasteiger partial charge in [-0.05, 0) is 57.7 Å². The maximum absolute atomic E-state index is 15.9. The van der Waals surface area contributed by atoms with Crippen molar-refractivity contribution in [2.45, 2.75) is 57.4 Å². The van der Waals surface area contributed by atoms with Gasteiger partial charge in [-0.1, -0.05) is 0 Å². The first kappa shape index (κ1) is 26.1. The van der Waals surface area contributed by atoms with E-state index in [1.165, 1.54) is 23.8 Å². The third-order valence-electron chi connectivity index (χ3n) is 5.09. The molecule has 2 heterocycles. The second-order valence-corrected chi connectivity index (χ2v) is 12.1. The van der Waals surface area contributed by atoms with Gasteiger partial charge in [-0.15, -0.1) is 11.3 Å². The van der Waals surface area contributed by atoms with Gasteiger partial charge in [-0.2, -0.15) is 0 Å². The van der Waals surface area contributed by atoms with Crippen molar-refractivity contribution >= 4 is 32.9 Å². The fourth-order valence-electron chi connectivity index (χ4n) is 3.13. The van der Waals surface area contributed by atoms with Gasteiger partial charge in [-0.3, -0.25) is 9.78 Å². The van der Waals surface area contributed by atoms with Gasteiger partial charge in [0.15, 0.2) is 15.6 Å². The van der Waals surface area contributed by atoms with Crippen LogP contribution >= 0.6 is 11.3 Å². The van der Waals surface area contributed by atoms with Crippen molar-refractivity contribution in [3.8, 4) is 0 Å². The molecule has 0 spiro atoms. The molecule has 2 rings (SSSR count). The molecule has 0 unspecified atom stereocenters. The van der Waals surface area contributed by atoms with Crippen LogP contribution in [0.5, 0.6) is 0 Å². The largest absolute Gasteiger partial charge is 0.463 e. The second-order valence-electron chi connectivity index (χ2n) is 8.62. The van der Waals surface area contributed by atoms with Crippen molar-refractivity contribution in [1.29, 1.82) is 0 Å². The molecular weight excluding hydrogens is 455 g/mol. The van der Waals surface area contributed by atoms with E-state index < -0.39 is 50.8 Å². The summed E-state index contributed by atoms with van der Waals surface area (Å²) in [5.41, 5.74) is -0.437. The van der Waals surface area contributed by atoms with Crippen molar-refractivity contribution < 1.29 is 27.1 Å². The molecule has 0 aliphatic heterocycles. The summed E-state index contributed by atoms with van der Waals surface area (Å²) in [5, 5.41) is 1.55. The quantitative estimate of drug-likeness (QED) is 0.356. The Morgan fingerprint density at radius 2 is 1.88 bits per heavy atom. The summed E-state index contributed by atoms with van der Waals surface area (Å²) >= 11 is 1.22. The third-order valence-corrected chi connectivity index (χ3v) is 8.50. The number of rotatable bonds is 11.